The molecule has 2 aromatic heterocycles. The number of nitrogens with one attached hydrogen (secondary N) is 1. The van der Waals surface area contributed by atoms with E-state index in [0.717, 1.165) is 29.7 Å². The van der Waals surface area contributed by atoms with E-state index in [9.17, 15) is 14.0 Å². The van der Waals surface area contributed by atoms with Gasteiger partial charge in [-0.3, -0.25) is 9.59 Å². The summed E-state index contributed by atoms with van der Waals surface area (Å²) >= 11 is 1.39. The van der Waals surface area contributed by atoms with Crippen molar-refractivity contribution < 1.29 is 9.18 Å². The summed E-state index contributed by atoms with van der Waals surface area (Å²) in [7, 11) is 0. The van der Waals surface area contributed by atoms with Gasteiger partial charge in [0.15, 0.2) is 0 Å². The lowest BCUT2D eigenvalue weighted by Crippen LogP contribution is -2.45. The van der Waals surface area contributed by atoms with Crippen LogP contribution in [0, 0.1) is 18.7 Å². The average molecular weight is 491 g/mol. The first-order valence-electron chi connectivity index (χ1n) is 11.8. The highest BCUT2D eigenvalue weighted by atomic mass is 32.1. The van der Waals surface area contributed by atoms with Gasteiger partial charge in [0.1, 0.15) is 10.5 Å². The van der Waals surface area contributed by atoms with Crippen LogP contribution in [0.2, 0.25) is 0 Å². The van der Waals surface area contributed by atoms with Gasteiger partial charge in [0.05, 0.1) is 23.2 Å². The molecule has 0 radical (unpaired) electrons. The van der Waals surface area contributed by atoms with E-state index in [-0.39, 0.29) is 29.2 Å². The standard InChI is InChI=1S/C27H27FN4O2S/c1-17-5-11-22(12-6-17)32-26(34)24-23(13-15-35-24)30-27(32)31-14-3-4-20(16-31)25(33)29-18(2)19-7-9-21(28)10-8-19/h5-13,15,18,20H,3-4,14,16H2,1-2H3,(H,29,33)/t18-,20+/m0/s1. The molecule has 0 saturated carbocycles. The van der Waals surface area contributed by atoms with Crippen LogP contribution in [0.25, 0.3) is 15.9 Å². The van der Waals surface area contributed by atoms with Crippen LogP contribution >= 0.6 is 11.3 Å². The molecule has 0 unspecified atom stereocenters. The Labute approximate surface area is 207 Å². The number of carbonyl (C=O) groups is 1. The van der Waals surface area contributed by atoms with Crippen molar-refractivity contribution in [1.29, 1.82) is 0 Å². The number of hydrogen-bond acceptors (Lipinski definition) is 5. The molecule has 6 nitrogen and oxygen atoms in total. The number of carbonyl (C=O) groups excluding carboxylic acids is 1. The molecule has 5 rings (SSSR count). The Hall–Kier alpha value is -3.52. The molecule has 1 aliphatic heterocycles. The van der Waals surface area contributed by atoms with E-state index >= 15 is 0 Å². The Kier molecular flexibility index (Phi) is 6.38. The van der Waals surface area contributed by atoms with E-state index in [1.165, 1.54) is 23.5 Å². The van der Waals surface area contributed by atoms with Gasteiger partial charge in [0.2, 0.25) is 11.9 Å². The first-order valence-corrected chi connectivity index (χ1v) is 12.7. The molecule has 180 valence electrons. The van der Waals surface area contributed by atoms with Crippen molar-refractivity contribution >= 4 is 33.4 Å². The number of thiophene rings is 1. The fourth-order valence-electron chi connectivity index (χ4n) is 4.58. The number of benzene rings is 2. The minimum atomic E-state index is -0.301. The van der Waals surface area contributed by atoms with E-state index in [1.807, 2.05) is 49.6 Å². The van der Waals surface area contributed by atoms with Crippen molar-refractivity contribution in [1.82, 2.24) is 14.9 Å². The van der Waals surface area contributed by atoms with E-state index < -0.39 is 0 Å². The summed E-state index contributed by atoms with van der Waals surface area (Å²) in [5, 5.41) is 4.95. The first kappa shape index (κ1) is 23.2. The smallest absolute Gasteiger partial charge is 0.277 e. The molecule has 1 N–H and O–H groups in total. The van der Waals surface area contributed by atoms with Gasteiger partial charge < -0.3 is 10.2 Å². The summed E-state index contributed by atoms with van der Waals surface area (Å²) in [4.78, 5) is 33.5. The lowest BCUT2D eigenvalue weighted by Gasteiger charge is -2.34. The predicted octanol–water partition coefficient (Wildman–Crippen LogP) is 4.99. The molecule has 2 aromatic carbocycles. The molecule has 8 heteroatoms. The van der Waals surface area contributed by atoms with Gasteiger partial charge >= 0.3 is 0 Å². The maximum atomic E-state index is 13.5. The number of halogens is 1. The van der Waals surface area contributed by atoms with Crippen LogP contribution in [0.5, 0.6) is 0 Å². The normalized spacial score (nSPS) is 16.9. The quantitative estimate of drug-likeness (QED) is 0.428. The summed E-state index contributed by atoms with van der Waals surface area (Å²) in [5.74, 6) is -0.0284. The van der Waals surface area contributed by atoms with Gasteiger partial charge in [-0.2, -0.15) is 0 Å². The van der Waals surface area contributed by atoms with Gasteiger partial charge in [-0.25, -0.2) is 13.9 Å². The number of rotatable bonds is 5. The van der Waals surface area contributed by atoms with Crippen molar-refractivity contribution in [2.75, 3.05) is 18.0 Å². The number of piperidine rings is 1. The van der Waals surface area contributed by atoms with Crippen molar-refractivity contribution in [3.05, 3.63) is 87.3 Å². The molecule has 4 aromatic rings. The minimum Gasteiger partial charge on any atom is -0.349 e. The second-order valence-electron chi connectivity index (χ2n) is 9.09. The molecule has 35 heavy (non-hydrogen) atoms. The maximum absolute atomic E-state index is 13.5. The second kappa shape index (κ2) is 9.62. The van der Waals surface area contributed by atoms with E-state index in [4.69, 9.17) is 4.98 Å². The highest BCUT2D eigenvalue weighted by Crippen LogP contribution is 2.27. The number of anilines is 1. The van der Waals surface area contributed by atoms with Crippen LogP contribution in [0.15, 0.2) is 64.8 Å². The third kappa shape index (κ3) is 4.71. The lowest BCUT2D eigenvalue weighted by molar-refractivity contribution is -0.125. The predicted molar refractivity (Wildman–Crippen MR) is 138 cm³/mol. The zero-order valence-electron chi connectivity index (χ0n) is 19.7. The second-order valence-corrected chi connectivity index (χ2v) is 10.0. The monoisotopic (exact) mass is 490 g/mol. The Balaban J connectivity index is 1.43. The summed E-state index contributed by atoms with van der Waals surface area (Å²) in [6, 6.07) is 15.6. The van der Waals surface area contributed by atoms with Crippen molar-refractivity contribution in [3.8, 4) is 5.69 Å². The number of amides is 1. The van der Waals surface area contributed by atoms with Gasteiger partial charge in [-0.15, -0.1) is 11.3 Å². The Morgan fingerprint density at radius 3 is 2.63 bits per heavy atom. The van der Waals surface area contributed by atoms with Gasteiger partial charge in [-0.05, 0) is 68.0 Å². The molecular weight excluding hydrogens is 463 g/mol. The van der Waals surface area contributed by atoms with Crippen LogP contribution in [-0.4, -0.2) is 28.5 Å². The maximum Gasteiger partial charge on any atom is 0.277 e. The molecule has 1 saturated heterocycles. The average Bonchev–Trinajstić information content (AvgIpc) is 3.34. The van der Waals surface area contributed by atoms with E-state index in [2.05, 4.69) is 10.2 Å². The van der Waals surface area contributed by atoms with Crippen molar-refractivity contribution in [2.24, 2.45) is 5.92 Å². The van der Waals surface area contributed by atoms with Crippen LogP contribution in [0.1, 0.15) is 36.9 Å². The Morgan fingerprint density at radius 2 is 1.89 bits per heavy atom. The third-order valence-corrected chi connectivity index (χ3v) is 7.45. The first-order chi connectivity index (χ1) is 16.9. The molecule has 1 aliphatic rings. The Bertz CT molecular complexity index is 1410. The molecule has 3 heterocycles. The molecule has 2 atom stereocenters. The summed E-state index contributed by atoms with van der Waals surface area (Å²) in [6.07, 6.45) is 1.57. The fourth-order valence-corrected chi connectivity index (χ4v) is 5.34. The molecular formula is C27H27FN4O2S. The molecule has 0 spiro atoms. The van der Waals surface area contributed by atoms with Gasteiger partial charge in [0.25, 0.3) is 5.56 Å². The Morgan fingerprint density at radius 1 is 1.14 bits per heavy atom. The number of hydrogen-bond donors (Lipinski definition) is 1. The summed E-state index contributed by atoms with van der Waals surface area (Å²) in [5.41, 5.74) is 3.30. The van der Waals surface area contributed by atoms with Crippen LogP contribution in [0.3, 0.4) is 0 Å². The van der Waals surface area contributed by atoms with Gasteiger partial charge in [0, 0.05) is 13.1 Å². The van der Waals surface area contributed by atoms with Crippen LogP contribution < -0.4 is 15.8 Å². The third-order valence-electron chi connectivity index (χ3n) is 6.56. The topological polar surface area (TPSA) is 67.2 Å². The number of aromatic nitrogens is 2. The molecule has 1 fully saturated rings. The largest absolute Gasteiger partial charge is 0.349 e. The number of fused-ring (bicyclic) bond motifs is 1. The molecule has 0 aliphatic carbocycles. The molecule has 1 amide bonds. The van der Waals surface area contributed by atoms with Gasteiger partial charge in [-0.1, -0.05) is 29.8 Å². The van der Waals surface area contributed by atoms with Crippen molar-refractivity contribution in [2.45, 2.75) is 32.7 Å². The van der Waals surface area contributed by atoms with E-state index in [1.54, 1.807) is 16.7 Å². The minimum absolute atomic E-state index is 0.0487. The van der Waals surface area contributed by atoms with E-state index in [0.29, 0.717) is 29.3 Å². The highest BCUT2D eigenvalue weighted by Gasteiger charge is 2.30. The zero-order chi connectivity index (χ0) is 24.5. The number of aryl methyl sites for hydroxylation is 1. The van der Waals surface area contributed by atoms with Crippen LogP contribution in [0.4, 0.5) is 10.3 Å². The fraction of sp³-hybridized carbons (Fsp3) is 0.296. The number of nitrogens with zero attached hydrogens (tertiary/aromatic N) is 3. The highest BCUT2D eigenvalue weighted by molar-refractivity contribution is 7.17. The molecule has 0 bridgehead atoms. The SMILES string of the molecule is Cc1ccc(-n2c(N3CCC[C@@H](C(=O)N[C@@H](C)c4ccc(F)cc4)C3)nc3ccsc3c2=O)cc1. The summed E-state index contributed by atoms with van der Waals surface area (Å²) in [6.45, 7) is 5.09. The summed E-state index contributed by atoms with van der Waals surface area (Å²) < 4.78 is 15.6. The zero-order valence-corrected chi connectivity index (χ0v) is 20.5. The lowest BCUT2D eigenvalue weighted by atomic mass is 9.96. The van der Waals surface area contributed by atoms with Crippen LogP contribution in [-0.2, 0) is 4.79 Å². The van der Waals surface area contributed by atoms with Crippen molar-refractivity contribution in [3.63, 3.8) is 0 Å².